The standard InChI is InChI=1S/C18H24N4O/c1-21(13-16-12-19-14-20-16)18(23)15-6-8-17(9-7-15)22-10-4-2-3-5-11-22/h6-9,12,14H,2-5,10-11,13H2,1H3,(H,19,20). The molecule has 1 amide bonds. The highest BCUT2D eigenvalue weighted by Gasteiger charge is 2.14. The van der Waals surface area contributed by atoms with E-state index in [1.54, 1.807) is 17.4 Å². The Kier molecular flexibility index (Phi) is 4.95. The zero-order chi connectivity index (χ0) is 16.1. The van der Waals surface area contributed by atoms with Gasteiger partial charge in [-0.25, -0.2) is 4.98 Å². The summed E-state index contributed by atoms with van der Waals surface area (Å²) in [5.74, 6) is 0.0296. The van der Waals surface area contributed by atoms with Crippen LogP contribution in [0.15, 0.2) is 36.8 Å². The summed E-state index contributed by atoms with van der Waals surface area (Å²) in [4.78, 5) is 23.6. The highest BCUT2D eigenvalue weighted by molar-refractivity contribution is 5.94. The van der Waals surface area contributed by atoms with Gasteiger partial charge in [-0.05, 0) is 37.1 Å². The minimum atomic E-state index is 0.0296. The highest BCUT2D eigenvalue weighted by atomic mass is 16.2. The van der Waals surface area contributed by atoms with Crippen molar-refractivity contribution in [2.24, 2.45) is 0 Å². The van der Waals surface area contributed by atoms with Crippen LogP contribution in [-0.4, -0.2) is 40.9 Å². The quantitative estimate of drug-likeness (QED) is 0.944. The second-order valence-corrected chi connectivity index (χ2v) is 6.19. The molecule has 122 valence electrons. The molecule has 1 aliphatic rings. The first-order valence-electron chi connectivity index (χ1n) is 8.32. The Morgan fingerprint density at radius 3 is 2.48 bits per heavy atom. The molecule has 5 heteroatoms. The lowest BCUT2D eigenvalue weighted by molar-refractivity contribution is 0.0783. The third-order valence-electron chi connectivity index (χ3n) is 4.39. The highest BCUT2D eigenvalue weighted by Crippen LogP contribution is 2.20. The molecule has 1 aliphatic heterocycles. The summed E-state index contributed by atoms with van der Waals surface area (Å²) in [6, 6.07) is 8.02. The van der Waals surface area contributed by atoms with E-state index in [2.05, 4.69) is 27.0 Å². The van der Waals surface area contributed by atoms with E-state index in [0.717, 1.165) is 24.3 Å². The zero-order valence-corrected chi connectivity index (χ0v) is 13.7. The Hall–Kier alpha value is -2.30. The Labute approximate surface area is 137 Å². The molecule has 1 saturated heterocycles. The number of hydrogen-bond acceptors (Lipinski definition) is 3. The summed E-state index contributed by atoms with van der Waals surface area (Å²) < 4.78 is 0. The first kappa shape index (κ1) is 15.6. The maximum Gasteiger partial charge on any atom is 0.253 e. The van der Waals surface area contributed by atoms with Gasteiger partial charge in [-0.3, -0.25) is 4.79 Å². The van der Waals surface area contributed by atoms with E-state index in [-0.39, 0.29) is 5.91 Å². The Morgan fingerprint density at radius 2 is 1.87 bits per heavy atom. The van der Waals surface area contributed by atoms with Gasteiger partial charge in [-0.15, -0.1) is 0 Å². The molecule has 0 aliphatic carbocycles. The maximum atomic E-state index is 12.5. The van der Waals surface area contributed by atoms with Crippen LogP contribution in [-0.2, 0) is 6.54 Å². The number of amides is 1. The minimum absolute atomic E-state index is 0.0296. The number of imidazole rings is 1. The topological polar surface area (TPSA) is 52.2 Å². The van der Waals surface area contributed by atoms with E-state index >= 15 is 0 Å². The monoisotopic (exact) mass is 312 g/mol. The number of hydrogen-bond donors (Lipinski definition) is 1. The summed E-state index contributed by atoms with van der Waals surface area (Å²) in [5.41, 5.74) is 2.88. The van der Waals surface area contributed by atoms with Gasteiger partial charge in [0.1, 0.15) is 0 Å². The smallest absolute Gasteiger partial charge is 0.253 e. The molecule has 2 aromatic rings. The van der Waals surface area contributed by atoms with E-state index in [1.807, 2.05) is 19.2 Å². The first-order chi connectivity index (χ1) is 11.2. The van der Waals surface area contributed by atoms with Crippen molar-refractivity contribution in [1.29, 1.82) is 0 Å². The van der Waals surface area contributed by atoms with Crippen LogP contribution in [0.1, 0.15) is 41.7 Å². The summed E-state index contributed by atoms with van der Waals surface area (Å²) in [6.07, 6.45) is 8.54. The van der Waals surface area contributed by atoms with Crippen LogP contribution in [0.25, 0.3) is 0 Å². The lowest BCUT2D eigenvalue weighted by atomic mass is 10.1. The van der Waals surface area contributed by atoms with Crippen LogP contribution in [0, 0.1) is 0 Å². The number of nitrogens with one attached hydrogen (secondary N) is 1. The van der Waals surface area contributed by atoms with Gasteiger partial charge in [-0.1, -0.05) is 12.8 Å². The zero-order valence-electron chi connectivity index (χ0n) is 13.7. The van der Waals surface area contributed by atoms with Gasteiger partial charge in [-0.2, -0.15) is 0 Å². The number of carbonyl (C=O) groups is 1. The van der Waals surface area contributed by atoms with E-state index in [4.69, 9.17) is 0 Å². The van der Waals surface area contributed by atoms with Crippen LogP contribution < -0.4 is 4.90 Å². The minimum Gasteiger partial charge on any atom is -0.372 e. The number of aromatic amines is 1. The largest absolute Gasteiger partial charge is 0.372 e. The lowest BCUT2D eigenvalue weighted by Crippen LogP contribution is -2.27. The van der Waals surface area contributed by atoms with Crippen LogP contribution in [0.2, 0.25) is 0 Å². The van der Waals surface area contributed by atoms with Gasteiger partial charge in [0.25, 0.3) is 5.91 Å². The third-order valence-corrected chi connectivity index (χ3v) is 4.39. The molecule has 0 radical (unpaired) electrons. The molecule has 0 bridgehead atoms. The summed E-state index contributed by atoms with van der Waals surface area (Å²) in [7, 11) is 1.81. The van der Waals surface area contributed by atoms with Crippen molar-refractivity contribution in [3.05, 3.63) is 48.0 Å². The molecule has 1 aromatic carbocycles. The molecule has 1 N–H and O–H groups in total. The molecule has 0 saturated carbocycles. The van der Waals surface area contributed by atoms with Crippen molar-refractivity contribution < 1.29 is 4.79 Å². The molecule has 5 nitrogen and oxygen atoms in total. The van der Waals surface area contributed by atoms with Gasteiger partial charge < -0.3 is 14.8 Å². The van der Waals surface area contributed by atoms with Gasteiger partial charge in [0.2, 0.25) is 0 Å². The summed E-state index contributed by atoms with van der Waals surface area (Å²) in [5, 5.41) is 0. The van der Waals surface area contributed by atoms with Crippen LogP contribution in [0.4, 0.5) is 5.69 Å². The van der Waals surface area contributed by atoms with Gasteiger partial charge >= 0.3 is 0 Å². The number of H-pyrrole nitrogens is 1. The van der Waals surface area contributed by atoms with Crippen molar-refractivity contribution in [3.8, 4) is 0 Å². The summed E-state index contributed by atoms with van der Waals surface area (Å²) >= 11 is 0. The van der Waals surface area contributed by atoms with Crippen molar-refractivity contribution in [3.63, 3.8) is 0 Å². The molecule has 1 aromatic heterocycles. The van der Waals surface area contributed by atoms with Gasteiger partial charge in [0.05, 0.1) is 18.6 Å². The number of anilines is 1. The molecule has 1 fully saturated rings. The molecule has 0 spiro atoms. The lowest BCUT2D eigenvalue weighted by Gasteiger charge is -2.23. The Morgan fingerprint density at radius 1 is 1.17 bits per heavy atom. The number of aromatic nitrogens is 2. The van der Waals surface area contributed by atoms with E-state index in [9.17, 15) is 4.79 Å². The van der Waals surface area contributed by atoms with Crippen molar-refractivity contribution >= 4 is 11.6 Å². The average molecular weight is 312 g/mol. The fourth-order valence-electron chi connectivity index (χ4n) is 3.06. The van der Waals surface area contributed by atoms with Crippen molar-refractivity contribution in [1.82, 2.24) is 14.9 Å². The maximum absolute atomic E-state index is 12.5. The predicted octanol–water partition coefficient (Wildman–Crippen LogP) is 3.06. The van der Waals surface area contributed by atoms with E-state index in [0.29, 0.717) is 6.54 Å². The molecular weight excluding hydrogens is 288 g/mol. The second-order valence-electron chi connectivity index (χ2n) is 6.19. The van der Waals surface area contributed by atoms with Crippen LogP contribution in [0.5, 0.6) is 0 Å². The number of carbonyl (C=O) groups excluding carboxylic acids is 1. The predicted molar refractivity (Wildman–Crippen MR) is 91.5 cm³/mol. The Balaban J connectivity index is 1.64. The summed E-state index contributed by atoms with van der Waals surface area (Å²) in [6.45, 7) is 2.77. The fraction of sp³-hybridized carbons (Fsp3) is 0.444. The van der Waals surface area contributed by atoms with Crippen LogP contribution >= 0.6 is 0 Å². The first-order valence-corrected chi connectivity index (χ1v) is 8.32. The average Bonchev–Trinajstić information content (AvgIpc) is 2.94. The SMILES string of the molecule is CN(Cc1cnc[nH]1)C(=O)c1ccc(N2CCCCCC2)cc1. The molecule has 0 atom stereocenters. The van der Waals surface area contributed by atoms with Gasteiger partial charge in [0, 0.05) is 37.6 Å². The van der Waals surface area contributed by atoms with Crippen molar-refractivity contribution in [2.75, 3.05) is 25.0 Å². The number of rotatable bonds is 4. The van der Waals surface area contributed by atoms with E-state index < -0.39 is 0 Å². The normalized spacial score (nSPS) is 15.3. The van der Waals surface area contributed by atoms with Crippen LogP contribution in [0.3, 0.4) is 0 Å². The Bertz CT molecular complexity index is 613. The molecule has 23 heavy (non-hydrogen) atoms. The third kappa shape index (κ3) is 3.92. The van der Waals surface area contributed by atoms with Gasteiger partial charge in [0.15, 0.2) is 0 Å². The second kappa shape index (κ2) is 7.31. The number of benzene rings is 1. The fourth-order valence-corrected chi connectivity index (χ4v) is 3.06. The van der Waals surface area contributed by atoms with Crippen molar-refractivity contribution in [2.45, 2.75) is 32.2 Å². The molecule has 0 unspecified atom stereocenters. The van der Waals surface area contributed by atoms with E-state index in [1.165, 1.54) is 31.4 Å². The number of nitrogens with zero attached hydrogens (tertiary/aromatic N) is 3. The molecule has 3 rings (SSSR count). The molecule has 2 heterocycles. The molecular formula is C18H24N4O.